The highest BCUT2D eigenvalue weighted by Gasteiger charge is 2.36. The first-order valence-corrected chi connectivity index (χ1v) is 11.9. The first kappa shape index (κ1) is 18.9. The molecular weight excluding hydrogens is 366 g/mol. The number of carbonyl (C=O) groups is 1. The summed E-state index contributed by atoms with van der Waals surface area (Å²) in [6, 6.07) is 1.76. The summed E-state index contributed by atoms with van der Waals surface area (Å²) in [4.78, 5) is 14.6. The lowest BCUT2D eigenvalue weighted by Gasteiger charge is -2.25. The molecule has 8 heteroatoms. The minimum atomic E-state index is -2.98. The summed E-state index contributed by atoms with van der Waals surface area (Å²) in [7, 11) is -1.18. The van der Waals surface area contributed by atoms with E-state index in [1.54, 1.807) is 11.9 Å². The van der Waals surface area contributed by atoms with Crippen molar-refractivity contribution in [1.29, 1.82) is 0 Å². The van der Waals surface area contributed by atoms with Gasteiger partial charge in [0.2, 0.25) is 0 Å². The number of rotatable bonds is 6. The zero-order valence-corrected chi connectivity index (χ0v) is 16.8. The van der Waals surface area contributed by atoms with Gasteiger partial charge in [-0.1, -0.05) is 0 Å². The molecule has 2 unspecified atom stereocenters. The molecule has 1 aromatic rings. The maximum Gasteiger partial charge on any atom is 0.274 e. The van der Waals surface area contributed by atoms with Crippen molar-refractivity contribution in [3.05, 3.63) is 17.5 Å². The molecule has 2 saturated heterocycles. The van der Waals surface area contributed by atoms with Gasteiger partial charge in [-0.3, -0.25) is 9.48 Å². The Morgan fingerprint density at radius 2 is 2.11 bits per heavy atom. The van der Waals surface area contributed by atoms with E-state index in [1.807, 2.05) is 10.7 Å². The smallest absolute Gasteiger partial charge is 0.274 e. The minimum absolute atomic E-state index is 0.0905. The van der Waals surface area contributed by atoms with Crippen LogP contribution >= 0.6 is 0 Å². The molecule has 0 aromatic carbocycles. The molecule has 4 rings (SSSR count). The van der Waals surface area contributed by atoms with Gasteiger partial charge in [-0.05, 0) is 51.0 Å². The maximum absolute atomic E-state index is 12.9. The molecule has 7 nitrogen and oxygen atoms in total. The van der Waals surface area contributed by atoms with Crippen molar-refractivity contribution >= 4 is 15.7 Å². The highest BCUT2D eigenvalue weighted by Crippen LogP contribution is 2.42. The fourth-order valence-corrected chi connectivity index (χ4v) is 5.82. The van der Waals surface area contributed by atoms with Crippen LogP contribution in [0.5, 0.6) is 0 Å². The van der Waals surface area contributed by atoms with Crippen LogP contribution < -0.4 is 0 Å². The van der Waals surface area contributed by atoms with Crippen LogP contribution in [0.4, 0.5) is 0 Å². The predicted octanol–water partition coefficient (Wildman–Crippen LogP) is 2.15. The van der Waals surface area contributed by atoms with E-state index in [0.717, 1.165) is 44.4 Å². The molecule has 27 heavy (non-hydrogen) atoms. The van der Waals surface area contributed by atoms with Gasteiger partial charge in [0, 0.05) is 31.8 Å². The third-order valence-electron chi connectivity index (χ3n) is 5.94. The third-order valence-corrected chi connectivity index (χ3v) is 7.69. The second kappa shape index (κ2) is 7.54. The maximum atomic E-state index is 12.9. The number of amides is 1. The third kappa shape index (κ3) is 4.37. The molecule has 3 heterocycles. The van der Waals surface area contributed by atoms with Gasteiger partial charge >= 0.3 is 0 Å². The Bertz CT molecular complexity index is 794. The van der Waals surface area contributed by atoms with E-state index in [0.29, 0.717) is 24.6 Å². The first-order chi connectivity index (χ1) is 12.9. The summed E-state index contributed by atoms with van der Waals surface area (Å²) < 4.78 is 31.3. The summed E-state index contributed by atoms with van der Waals surface area (Å²) in [5, 5.41) is 4.56. The van der Waals surface area contributed by atoms with Crippen molar-refractivity contribution in [2.75, 3.05) is 31.7 Å². The molecule has 3 fully saturated rings. The van der Waals surface area contributed by atoms with Crippen LogP contribution in [0.15, 0.2) is 6.07 Å². The molecule has 3 aliphatic rings. The standard InChI is InChI=1S/C19H29N3O4S/c1-21(9-7-16-4-2-3-10-26-16)19(23)17-12-18(14-5-6-14)22(20-17)15-8-11-27(24,25)13-15/h12,14-16H,2-11,13H2,1H3. The topological polar surface area (TPSA) is 81.5 Å². The number of hydrogen-bond donors (Lipinski definition) is 0. The number of hydrogen-bond acceptors (Lipinski definition) is 5. The highest BCUT2D eigenvalue weighted by atomic mass is 32.2. The second-order valence-electron chi connectivity index (χ2n) is 8.23. The van der Waals surface area contributed by atoms with E-state index >= 15 is 0 Å². The molecule has 0 bridgehead atoms. The highest BCUT2D eigenvalue weighted by molar-refractivity contribution is 7.91. The number of carbonyl (C=O) groups excluding carboxylic acids is 1. The Balaban J connectivity index is 1.44. The zero-order chi connectivity index (χ0) is 19.0. The summed E-state index contributed by atoms with van der Waals surface area (Å²) >= 11 is 0. The lowest BCUT2D eigenvalue weighted by molar-refractivity contribution is 0.00705. The molecule has 1 saturated carbocycles. The lowest BCUT2D eigenvalue weighted by atomic mass is 10.1. The van der Waals surface area contributed by atoms with Gasteiger partial charge in [0.05, 0.1) is 23.7 Å². The number of aromatic nitrogens is 2. The van der Waals surface area contributed by atoms with Crippen molar-refractivity contribution in [2.45, 2.75) is 63.0 Å². The normalized spacial score (nSPS) is 27.6. The van der Waals surface area contributed by atoms with E-state index in [4.69, 9.17) is 4.74 Å². The molecule has 0 N–H and O–H groups in total. The summed E-state index contributed by atoms with van der Waals surface area (Å²) in [6.07, 6.45) is 7.26. The number of ether oxygens (including phenoxy) is 1. The van der Waals surface area contributed by atoms with Gasteiger partial charge in [-0.2, -0.15) is 5.10 Å². The SMILES string of the molecule is CN(CCC1CCCCO1)C(=O)c1cc(C2CC2)n(C2CCS(=O)(=O)C2)n1. The lowest BCUT2D eigenvalue weighted by Crippen LogP contribution is -2.32. The van der Waals surface area contributed by atoms with Crippen LogP contribution in [-0.4, -0.2) is 66.8 Å². The van der Waals surface area contributed by atoms with Crippen LogP contribution in [-0.2, 0) is 14.6 Å². The average molecular weight is 396 g/mol. The van der Waals surface area contributed by atoms with Crippen molar-refractivity contribution in [2.24, 2.45) is 0 Å². The van der Waals surface area contributed by atoms with Crippen LogP contribution in [0.2, 0.25) is 0 Å². The molecule has 1 amide bonds. The summed E-state index contributed by atoms with van der Waals surface area (Å²) in [5.74, 6) is 0.680. The zero-order valence-electron chi connectivity index (χ0n) is 16.0. The molecule has 0 spiro atoms. The van der Waals surface area contributed by atoms with E-state index in [-0.39, 0.29) is 29.6 Å². The molecule has 1 aliphatic carbocycles. The van der Waals surface area contributed by atoms with Crippen LogP contribution in [0.1, 0.15) is 73.1 Å². The van der Waals surface area contributed by atoms with Crippen LogP contribution in [0.25, 0.3) is 0 Å². The Hall–Kier alpha value is -1.41. The van der Waals surface area contributed by atoms with Gasteiger partial charge < -0.3 is 9.64 Å². The van der Waals surface area contributed by atoms with Crippen molar-refractivity contribution in [1.82, 2.24) is 14.7 Å². The number of nitrogens with zero attached hydrogens (tertiary/aromatic N) is 3. The number of sulfone groups is 1. The quantitative estimate of drug-likeness (QED) is 0.737. The fraction of sp³-hybridized carbons (Fsp3) is 0.789. The Morgan fingerprint density at radius 1 is 1.30 bits per heavy atom. The van der Waals surface area contributed by atoms with Gasteiger partial charge in [-0.25, -0.2) is 8.42 Å². The molecule has 2 atom stereocenters. The molecule has 1 aromatic heterocycles. The largest absolute Gasteiger partial charge is 0.378 e. The Labute approximate surface area is 161 Å². The van der Waals surface area contributed by atoms with Gasteiger partial charge in [-0.15, -0.1) is 0 Å². The van der Waals surface area contributed by atoms with Crippen molar-refractivity contribution < 1.29 is 17.9 Å². The van der Waals surface area contributed by atoms with Crippen LogP contribution in [0, 0.1) is 0 Å². The molecule has 2 aliphatic heterocycles. The Kier molecular flexibility index (Phi) is 5.29. The van der Waals surface area contributed by atoms with Gasteiger partial charge in [0.25, 0.3) is 5.91 Å². The van der Waals surface area contributed by atoms with E-state index in [1.165, 1.54) is 6.42 Å². The summed E-state index contributed by atoms with van der Waals surface area (Å²) in [6.45, 7) is 1.47. The van der Waals surface area contributed by atoms with Crippen LogP contribution in [0.3, 0.4) is 0 Å². The van der Waals surface area contributed by atoms with Gasteiger partial charge in [0.15, 0.2) is 15.5 Å². The fourth-order valence-electron chi connectivity index (χ4n) is 4.13. The average Bonchev–Trinajstić information content (AvgIpc) is 3.31. The van der Waals surface area contributed by atoms with E-state index in [9.17, 15) is 13.2 Å². The van der Waals surface area contributed by atoms with E-state index in [2.05, 4.69) is 5.10 Å². The molecular formula is C19H29N3O4S. The van der Waals surface area contributed by atoms with Crippen molar-refractivity contribution in [3.8, 4) is 0 Å². The van der Waals surface area contributed by atoms with E-state index < -0.39 is 9.84 Å². The first-order valence-electron chi connectivity index (χ1n) is 10.1. The monoisotopic (exact) mass is 395 g/mol. The van der Waals surface area contributed by atoms with Crippen molar-refractivity contribution in [3.63, 3.8) is 0 Å². The molecule has 150 valence electrons. The van der Waals surface area contributed by atoms with Gasteiger partial charge in [0.1, 0.15) is 0 Å². The predicted molar refractivity (Wildman–Crippen MR) is 102 cm³/mol. The Morgan fingerprint density at radius 3 is 2.74 bits per heavy atom. The molecule has 0 radical (unpaired) electrons. The second-order valence-corrected chi connectivity index (χ2v) is 10.5. The summed E-state index contributed by atoms with van der Waals surface area (Å²) in [5.41, 5.74) is 1.47. The minimum Gasteiger partial charge on any atom is -0.378 e.